The number of hydrazone groups is 2. The van der Waals surface area contributed by atoms with Crippen molar-refractivity contribution in [1.29, 1.82) is 0 Å². The van der Waals surface area contributed by atoms with Gasteiger partial charge in [0.05, 0.1) is 6.21 Å². The van der Waals surface area contributed by atoms with Crippen LogP contribution in [-0.4, -0.2) is 29.4 Å². The molecule has 3 rings (SSSR count). The lowest BCUT2D eigenvalue weighted by molar-refractivity contribution is -0.131. The van der Waals surface area contributed by atoms with Gasteiger partial charge in [-0.05, 0) is 16.8 Å². The van der Waals surface area contributed by atoms with Gasteiger partial charge in [0.25, 0.3) is 11.8 Å². The minimum atomic E-state index is -0.988. The molecule has 1 atom stereocenters. The summed E-state index contributed by atoms with van der Waals surface area (Å²) < 4.78 is 0. The van der Waals surface area contributed by atoms with E-state index in [9.17, 15) is 14.7 Å². The highest BCUT2D eigenvalue weighted by atomic mass is 16.3. The molecule has 0 spiro atoms. The number of carbonyl (C=O) groups is 2. The molecule has 0 aromatic heterocycles. The molecule has 110 valence electrons. The molecule has 1 aliphatic heterocycles. The average Bonchev–Trinajstić information content (AvgIpc) is 2.95. The van der Waals surface area contributed by atoms with Gasteiger partial charge in [-0.15, -0.1) is 0 Å². The lowest BCUT2D eigenvalue weighted by Gasteiger charge is -2.05. The molecule has 0 saturated carbocycles. The largest absolute Gasteiger partial charge is 0.507 e. The number of rotatable bonds is 3. The van der Waals surface area contributed by atoms with Crippen molar-refractivity contribution in [3.05, 3.63) is 42.0 Å². The lowest BCUT2D eigenvalue weighted by Crippen LogP contribution is -2.34. The van der Waals surface area contributed by atoms with E-state index in [1.807, 2.05) is 24.3 Å². The van der Waals surface area contributed by atoms with Crippen molar-refractivity contribution in [2.75, 3.05) is 0 Å². The first-order chi connectivity index (χ1) is 10.7. The van der Waals surface area contributed by atoms with Crippen LogP contribution in [0, 0.1) is 5.92 Å². The van der Waals surface area contributed by atoms with E-state index in [-0.39, 0.29) is 5.75 Å². The Morgan fingerprint density at radius 1 is 1.32 bits per heavy atom. The molecule has 3 N–H and O–H groups in total. The maximum atomic E-state index is 11.8. The van der Waals surface area contributed by atoms with Crippen molar-refractivity contribution in [3.63, 3.8) is 0 Å². The predicted molar refractivity (Wildman–Crippen MR) is 81.5 cm³/mol. The van der Waals surface area contributed by atoms with Gasteiger partial charge in [0, 0.05) is 11.8 Å². The van der Waals surface area contributed by atoms with Gasteiger partial charge in [0.1, 0.15) is 5.75 Å². The fourth-order valence-corrected chi connectivity index (χ4v) is 2.15. The smallest absolute Gasteiger partial charge is 0.258 e. The number of aromatic hydroxyl groups is 1. The maximum absolute atomic E-state index is 11.8. The Balaban J connectivity index is 1.81. The molecule has 22 heavy (non-hydrogen) atoms. The topological polar surface area (TPSA) is 103 Å². The van der Waals surface area contributed by atoms with Crippen molar-refractivity contribution in [3.8, 4) is 5.75 Å². The van der Waals surface area contributed by atoms with E-state index in [0.717, 1.165) is 10.8 Å². The van der Waals surface area contributed by atoms with Crippen LogP contribution in [0.3, 0.4) is 0 Å². The SMILES string of the molecule is O=C1NN=C[C@@H]1C(=O)N/N=C\c1c(O)ccc2ccccc12. The van der Waals surface area contributed by atoms with E-state index >= 15 is 0 Å². The third kappa shape index (κ3) is 2.51. The fourth-order valence-electron chi connectivity index (χ4n) is 2.15. The Hall–Kier alpha value is -3.22. The number of phenols is 1. The fraction of sp³-hybridized carbons (Fsp3) is 0.0667. The molecule has 0 radical (unpaired) electrons. The number of phenolic OH excluding ortho intramolecular Hbond substituents is 1. The summed E-state index contributed by atoms with van der Waals surface area (Å²) in [4.78, 5) is 23.0. The molecule has 0 aliphatic carbocycles. The second-order valence-corrected chi connectivity index (χ2v) is 4.69. The van der Waals surface area contributed by atoms with Crippen LogP contribution in [0.2, 0.25) is 0 Å². The van der Waals surface area contributed by atoms with E-state index in [1.54, 1.807) is 12.1 Å². The number of fused-ring (bicyclic) bond motifs is 1. The standard InChI is InChI=1S/C15H12N4O3/c20-13-6-5-9-3-1-2-4-10(9)11(13)7-16-18-14(21)12-8-17-19-15(12)22/h1-8,12,20H,(H,18,21)(H,19,22)/b16-7-/t12-/m1/s1. The van der Waals surface area contributed by atoms with Gasteiger partial charge in [-0.1, -0.05) is 30.3 Å². The van der Waals surface area contributed by atoms with Gasteiger partial charge in [0.2, 0.25) is 0 Å². The molecule has 0 fully saturated rings. The van der Waals surface area contributed by atoms with Crippen LogP contribution in [0.25, 0.3) is 10.8 Å². The summed E-state index contributed by atoms with van der Waals surface area (Å²) in [6, 6.07) is 10.8. The highest BCUT2D eigenvalue weighted by Gasteiger charge is 2.28. The van der Waals surface area contributed by atoms with Gasteiger partial charge in [-0.25, -0.2) is 10.9 Å². The summed E-state index contributed by atoms with van der Waals surface area (Å²) in [6.45, 7) is 0. The molecule has 2 aromatic rings. The third-order valence-corrected chi connectivity index (χ3v) is 3.28. The highest BCUT2D eigenvalue weighted by Crippen LogP contribution is 2.25. The van der Waals surface area contributed by atoms with Crippen LogP contribution < -0.4 is 10.9 Å². The van der Waals surface area contributed by atoms with Crippen LogP contribution in [-0.2, 0) is 9.59 Å². The lowest BCUT2D eigenvalue weighted by atomic mass is 10.0. The number of hydrogen-bond donors (Lipinski definition) is 3. The first-order valence-corrected chi connectivity index (χ1v) is 6.53. The second-order valence-electron chi connectivity index (χ2n) is 4.69. The minimum Gasteiger partial charge on any atom is -0.507 e. The molecule has 2 aromatic carbocycles. The van der Waals surface area contributed by atoms with E-state index in [0.29, 0.717) is 5.56 Å². The number of carbonyl (C=O) groups excluding carboxylic acids is 2. The molecule has 1 aliphatic rings. The zero-order valence-electron chi connectivity index (χ0n) is 11.4. The summed E-state index contributed by atoms with van der Waals surface area (Å²) in [7, 11) is 0. The van der Waals surface area contributed by atoms with Gasteiger partial charge in [0.15, 0.2) is 5.92 Å². The van der Waals surface area contributed by atoms with Crippen molar-refractivity contribution in [1.82, 2.24) is 10.9 Å². The van der Waals surface area contributed by atoms with Crippen molar-refractivity contribution < 1.29 is 14.7 Å². The molecule has 1 heterocycles. The molecule has 0 unspecified atom stereocenters. The Morgan fingerprint density at radius 2 is 2.14 bits per heavy atom. The summed E-state index contributed by atoms with van der Waals surface area (Å²) in [5, 5.41) is 19.0. The van der Waals surface area contributed by atoms with Crippen LogP contribution >= 0.6 is 0 Å². The molecule has 7 nitrogen and oxygen atoms in total. The molecule has 0 bridgehead atoms. The zero-order chi connectivity index (χ0) is 15.5. The highest BCUT2D eigenvalue weighted by molar-refractivity contribution is 6.15. The number of benzene rings is 2. The number of hydrogen-bond acceptors (Lipinski definition) is 5. The van der Waals surface area contributed by atoms with E-state index in [4.69, 9.17) is 0 Å². The van der Waals surface area contributed by atoms with Gasteiger partial charge in [-0.2, -0.15) is 10.2 Å². The first kappa shape index (κ1) is 13.7. The Morgan fingerprint density at radius 3 is 2.91 bits per heavy atom. The van der Waals surface area contributed by atoms with Crippen molar-refractivity contribution in [2.24, 2.45) is 16.1 Å². The van der Waals surface area contributed by atoms with Gasteiger partial charge in [-0.3, -0.25) is 9.59 Å². The van der Waals surface area contributed by atoms with Crippen LogP contribution in [0.15, 0.2) is 46.6 Å². The molecule has 0 saturated heterocycles. The normalized spacial score (nSPS) is 17.1. The average molecular weight is 296 g/mol. The molecule has 7 heteroatoms. The summed E-state index contributed by atoms with van der Waals surface area (Å²) >= 11 is 0. The van der Waals surface area contributed by atoms with Crippen molar-refractivity contribution >= 4 is 35.0 Å². The minimum absolute atomic E-state index is 0.0527. The Labute approximate surface area is 125 Å². The Kier molecular flexibility index (Phi) is 3.53. The monoisotopic (exact) mass is 296 g/mol. The summed E-state index contributed by atoms with van der Waals surface area (Å²) in [5.74, 6) is -2.02. The predicted octanol–water partition coefficient (Wildman–Crippen LogP) is 0.727. The van der Waals surface area contributed by atoms with Gasteiger partial charge >= 0.3 is 0 Å². The van der Waals surface area contributed by atoms with E-state index < -0.39 is 17.7 Å². The quantitative estimate of drug-likeness (QED) is 0.442. The Bertz CT molecular complexity index is 814. The molecular formula is C15H12N4O3. The first-order valence-electron chi connectivity index (χ1n) is 6.53. The summed E-state index contributed by atoms with van der Waals surface area (Å²) in [5.41, 5.74) is 4.92. The third-order valence-electron chi connectivity index (χ3n) is 3.28. The molecular weight excluding hydrogens is 284 g/mol. The van der Waals surface area contributed by atoms with Crippen LogP contribution in [0.4, 0.5) is 0 Å². The number of nitrogens with zero attached hydrogens (tertiary/aromatic N) is 2. The molecule has 2 amide bonds. The summed E-state index contributed by atoms with van der Waals surface area (Å²) in [6.07, 6.45) is 2.56. The van der Waals surface area contributed by atoms with E-state index in [1.165, 1.54) is 12.4 Å². The second kappa shape index (κ2) is 5.65. The maximum Gasteiger partial charge on any atom is 0.258 e. The number of nitrogens with one attached hydrogen (secondary N) is 2. The van der Waals surface area contributed by atoms with Gasteiger partial charge < -0.3 is 5.11 Å². The number of amides is 2. The zero-order valence-corrected chi connectivity index (χ0v) is 11.4. The van der Waals surface area contributed by atoms with E-state index in [2.05, 4.69) is 21.1 Å². The van der Waals surface area contributed by atoms with Crippen LogP contribution in [0.1, 0.15) is 5.56 Å². The van der Waals surface area contributed by atoms with Crippen LogP contribution in [0.5, 0.6) is 5.75 Å². The van der Waals surface area contributed by atoms with Crippen molar-refractivity contribution in [2.45, 2.75) is 0 Å².